The number of nitrogens with one attached hydrogen (secondary N) is 1. The number of carbonyl (C=O) groups excluding carboxylic acids is 4. The van der Waals surface area contributed by atoms with Gasteiger partial charge in [0.15, 0.2) is 5.71 Å². The van der Waals surface area contributed by atoms with E-state index in [0.717, 1.165) is 10.5 Å². The van der Waals surface area contributed by atoms with Crippen molar-refractivity contribution in [3.05, 3.63) is 57.2 Å². The first-order valence-electron chi connectivity index (χ1n) is 14.8. The van der Waals surface area contributed by atoms with Crippen LogP contribution in [0.1, 0.15) is 43.5 Å². The van der Waals surface area contributed by atoms with Crippen molar-refractivity contribution < 1.29 is 42.2 Å². The van der Waals surface area contributed by atoms with Crippen molar-refractivity contribution in [2.24, 2.45) is 10.6 Å². The van der Waals surface area contributed by atoms with E-state index in [1.54, 1.807) is 43.7 Å². The third-order valence-corrected chi connectivity index (χ3v) is 10.1. The monoisotopic (exact) mass is 727 g/mol. The van der Waals surface area contributed by atoms with E-state index < -0.39 is 66.2 Å². The molecule has 2 aromatic rings. The lowest BCUT2D eigenvalue weighted by atomic mass is 9.89. The molecule has 254 valence electrons. The maximum absolute atomic E-state index is 13.7. The fraction of sp³-hybridized carbons (Fsp3) is 0.467. The molecule has 5 atom stereocenters. The van der Waals surface area contributed by atoms with Crippen molar-refractivity contribution in [1.82, 2.24) is 15.2 Å². The molecule has 17 heteroatoms. The van der Waals surface area contributed by atoms with Gasteiger partial charge in [0.2, 0.25) is 6.10 Å². The van der Waals surface area contributed by atoms with Gasteiger partial charge in [0, 0.05) is 17.7 Å². The molecule has 0 radical (unpaired) electrons. The van der Waals surface area contributed by atoms with E-state index in [1.807, 2.05) is 20.8 Å². The van der Waals surface area contributed by atoms with E-state index in [2.05, 4.69) is 15.5 Å². The summed E-state index contributed by atoms with van der Waals surface area (Å²) >= 11 is 7.24. The second-order valence-corrected chi connectivity index (χ2v) is 15.1. The minimum atomic E-state index is -1.85. The molecular formula is C30H36ClN4O9PS2. The lowest BCUT2D eigenvalue weighted by molar-refractivity contribution is -0.160. The molecule has 2 amide bonds. The molecule has 1 aromatic carbocycles. The fourth-order valence-corrected chi connectivity index (χ4v) is 7.63. The number of β-lactam (4-membered cyclic amide) rings is 1. The Morgan fingerprint density at radius 2 is 2.00 bits per heavy atom. The summed E-state index contributed by atoms with van der Waals surface area (Å²) in [5, 5.41) is 7.71. The summed E-state index contributed by atoms with van der Waals surface area (Å²) in [5.41, 5.74) is 0.195. The zero-order chi connectivity index (χ0) is 35.3. The number of thiazole rings is 1. The summed E-state index contributed by atoms with van der Waals surface area (Å²) in [4.78, 5) is 64.1. The van der Waals surface area contributed by atoms with E-state index in [-0.39, 0.29) is 47.3 Å². The molecule has 4 rings (SSSR count). The van der Waals surface area contributed by atoms with E-state index in [1.165, 1.54) is 18.0 Å². The van der Waals surface area contributed by atoms with Gasteiger partial charge in [-0.15, -0.1) is 22.9 Å². The van der Waals surface area contributed by atoms with Crippen LogP contribution in [0.25, 0.3) is 0 Å². The van der Waals surface area contributed by atoms with Gasteiger partial charge in [-0.2, -0.15) is 0 Å². The third kappa shape index (κ3) is 8.75. The van der Waals surface area contributed by atoms with Crippen LogP contribution in [-0.2, 0) is 50.7 Å². The summed E-state index contributed by atoms with van der Waals surface area (Å²) in [6.07, 6.45) is -1.02. The quantitative estimate of drug-likeness (QED) is 0.0808. The first-order chi connectivity index (χ1) is 22.6. The van der Waals surface area contributed by atoms with Crippen LogP contribution in [0.5, 0.6) is 5.75 Å². The molecule has 1 N–H and O–H groups in total. The number of alkyl halides is 1. The number of aromatic nitrogens is 1. The van der Waals surface area contributed by atoms with Gasteiger partial charge >= 0.3 is 11.9 Å². The van der Waals surface area contributed by atoms with Gasteiger partial charge in [0.05, 0.1) is 37.4 Å². The average molecular weight is 728 g/mol. The van der Waals surface area contributed by atoms with E-state index in [9.17, 15) is 23.4 Å². The molecule has 1 fully saturated rings. The number of halogens is 1. The highest BCUT2D eigenvalue weighted by Gasteiger charge is 2.57. The maximum Gasteiger partial charge on any atom is 0.357 e. The molecule has 0 saturated carbocycles. The predicted octanol–water partition coefficient (Wildman–Crippen LogP) is 3.40. The summed E-state index contributed by atoms with van der Waals surface area (Å²) in [7, 11) is -2.04. The number of ether oxygens (including phenoxy) is 2. The number of amides is 2. The molecule has 1 saturated heterocycles. The Balaban J connectivity index is 1.56. The largest absolute Gasteiger partial charge is 0.497 e. The van der Waals surface area contributed by atoms with Crippen molar-refractivity contribution in [3.63, 3.8) is 0 Å². The lowest BCUT2D eigenvalue weighted by Gasteiger charge is -2.49. The number of hydrogen-bond donors (Lipinski definition) is 1. The summed E-state index contributed by atoms with van der Waals surface area (Å²) in [6.45, 7) is 8.79. The number of carbonyl (C=O) groups is 4. The first kappa shape index (κ1) is 34.9. The van der Waals surface area contributed by atoms with Crippen LogP contribution < -0.4 is 10.1 Å². The van der Waals surface area contributed by atoms with E-state index in [4.69, 9.17) is 31.7 Å². The summed E-state index contributed by atoms with van der Waals surface area (Å²) in [5.74, 6) is -2.88. The molecule has 0 bridgehead atoms. The Hall–Kier alpha value is -3.39. The van der Waals surface area contributed by atoms with Crippen molar-refractivity contribution in [2.45, 2.75) is 58.2 Å². The van der Waals surface area contributed by atoms with Gasteiger partial charge in [-0.1, -0.05) is 38.1 Å². The number of hydrogen-bond acceptors (Lipinski definition) is 12. The lowest BCUT2D eigenvalue weighted by Crippen LogP contribution is -2.74. The topological polar surface area (TPSA) is 163 Å². The Bertz CT molecular complexity index is 1650. The number of aryl methyl sites for hydroxylation is 1. The minimum Gasteiger partial charge on any atom is -0.497 e. The number of oxime groups is 1. The highest BCUT2D eigenvalue weighted by Crippen LogP contribution is 2.36. The standard InChI is InChI=1S/C30H36ClN4O9PS2/c1-16-32-20(14-46-16)22(34-43-21(11-30(2,3)4)28(38)42-13-17-7-9-19(41-5)10-8-17)25(36)33-23-26(37)35-24(29(39)44-45-6)18(12-31)15-47(40)27(23)35/h7-10,14,21,23,27,45H,11-13,15H2,1-6H3,(H,33,36)/b34-22-/t21-,23+,27+,45?,47?/m0/s1/i45D. The van der Waals surface area contributed by atoms with Gasteiger partial charge in [0.1, 0.15) is 36.4 Å². The Labute approximate surface area is 287 Å². The highest BCUT2D eigenvalue weighted by molar-refractivity contribution is 7.86. The Morgan fingerprint density at radius 1 is 1.30 bits per heavy atom. The number of rotatable bonds is 13. The molecule has 2 unspecified atom stereocenters. The average Bonchev–Trinajstić information content (AvgIpc) is 3.46. The highest BCUT2D eigenvalue weighted by atomic mass is 35.5. The van der Waals surface area contributed by atoms with Gasteiger partial charge in [-0.3, -0.25) is 18.7 Å². The Morgan fingerprint density at radius 3 is 2.57 bits per heavy atom. The fourth-order valence-electron chi connectivity index (χ4n) is 4.76. The predicted molar refractivity (Wildman–Crippen MR) is 179 cm³/mol. The number of fused-ring (bicyclic) bond motifs is 1. The molecule has 1 aromatic heterocycles. The molecular weight excluding hydrogens is 691 g/mol. The number of nitrogens with zero attached hydrogens (tertiary/aromatic N) is 3. The molecule has 13 nitrogen and oxygen atoms in total. The third-order valence-electron chi connectivity index (χ3n) is 6.97. The Kier molecular flexibility index (Phi) is 11.6. The van der Waals surface area contributed by atoms with Crippen LogP contribution in [0.2, 0.25) is 0 Å². The van der Waals surface area contributed by atoms with Crippen LogP contribution in [0.15, 0.2) is 46.1 Å². The molecule has 2 aliphatic rings. The first-order valence-corrected chi connectivity index (χ1v) is 18.4. The number of methoxy groups -OCH3 is 1. The molecule has 2 aliphatic heterocycles. The van der Waals surface area contributed by atoms with Crippen LogP contribution >= 0.6 is 31.7 Å². The van der Waals surface area contributed by atoms with Crippen molar-refractivity contribution in [2.75, 3.05) is 25.4 Å². The van der Waals surface area contributed by atoms with Crippen LogP contribution in [0.3, 0.4) is 0 Å². The summed E-state index contributed by atoms with van der Waals surface area (Å²) < 4.78 is 36.5. The smallest absolute Gasteiger partial charge is 0.357 e. The number of esters is 1. The van der Waals surface area contributed by atoms with E-state index >= 15 is 0 Å². The summed E-state index contributed by atoms with van der Waals surface area (Å²) in [6, 6.07) is 5.71. The minimum absolute atomic E-state index is 0.0366. The van der Waals surface area contributed by atoms with Crippen molar-refractivity contribution in [3.8, 4) is 5.75 Å². The molecule has 3 heterocycles. The zero-order valence-corrected chi connectivity index (χ0v) is 29.9. The van der Waals surface area contributed by atoms with Gasteiger partial charge in [0.25, 0.3) is 11.8 Å². The molecule has 47 heavy (non-hydrogen) atoms. The van der Waals surface area contributed by atoms with Crippen molar-refractivity contribution in [1.29, 1.82) is 1.28 Å². The number of benzene rings is 1. The van der Waals surface area contributed by atoms with Crippen LogP contribution in [0.4, 0.5) is 0 Å². The zero-order valence-electron chi connectivity index (χ0n) is 27.6. The maximum atomic E-state index is 13.7. The molecule has 0 spiro atoms. The van der Waals surface area contributed by atoms with Crippen LogP contribution in [0, 0.1) is 12.3 Å². The van der Waals surface area contributed by atoms with Gasteiger partial charge < -0.3 is 24.2 Å². The van der Waals surface area contributed by atoms with Gasteiger partial charge in [-0.25, -0.2) is 14.6 Å². The van der Waals surface area contributed by atoms with Crippen LogP contribution in [-0.4, -0.2) is 87.8 Å². The molecule has 0 aliphatic carbocycles. The SMILES string of the molecule is [2H]P(C)OC(=O)C1=C(CCl)CS(=O)[C@@H]2[C@H](NC(=O)/C(=N\O[C@@H](CC(C)(C)C)C(=O)OCc3ccc(OC)cc3)c3csc(C)n3)C(=O)N12. The normalized spacial score (nSPS) is 21.1. The van der Waals surface area contributed by atoms with Gasteiger partial charge in [-0.05, 0) is 42.3 Å². The second-order valence-electron chi connectivity index (χ2n) is 11.7. The van der Waals surface area contributed by atoms with Crippen molar-refractivity contribution >= 4 is 72.0 Å². The van der Waals surface area contributed by atoms with E-state index in [0.29, 0.717) is 10.8 Å². The second kappa shape index (κ2) is 15.7.